The molecule has 0 saturated heterocycles. The molecule has 1 aromatic rings. The summed E-state index contributed by atoms with van der Waals surface area (Å²) in [4.78, 5) is 7.88. The maximum absolute atomic E-state index is 5.49. The van der Waals surface area contributed by atoms with E-state index in [0.717, 1.165) is 18.7 Å². The highest BCUT2D eigenvalue weighted by molar-refractivity contribution is 5.38. The summed E-state index contributed by atoms with van der Waals surface area (Å²) in [5.41, 5.74) is 11.0. The first-order valence-corrected chi connectivity index (χ1v) is 4.81. The zero-order valence-corrected chi connectivity index (χ0v) is 8.40. The Hall–Kier alpha value is -1.36. The lowest BCUT2D eigenvalue weighted by Crippen LogP contribution is -2.22. The minimum Gasteiger partial charge on any atom is -0.368 e. The van der Waals surface area contributed by atoms with Gasteiger partial charge in [0.15, 0.2) is 0 Å². The minimum atomic E-state index is 0.289. The summed E-state index contributed by atoms with van der Waals surface area (Å²) in [6, 6.07) is 2.16. The van der Waals surface area contributed by atoms with Crippen LogP contribution < -0.4 is 16.8 Å². The molecule has 0 aliphatic carbocycles. The third kappa shape index (κ3) is 3.18. The van der Waals surface area contributed by atoms with Crippen LogP contribution in [0.5, 0.6) is 0 Å². The molecule has 0 spiro atoms. The predicted octanol–water partition coefficient (Wildman–Crippen LogP) is 0.598. The van der Waals surface area contributed by atoms with Crippen molar-refractivity contribution in [2.24, 2.45) is 5.73 Å². The van der Waals surface area contributed by atoms with Gasteiger partial charge in [-0.3, -0.25) is 0 Å². The monoisotopic (exact) mass is 195 g/mol. The van der Waals surface area contributed by atoms with E-state index < -0.39 is 0 Å². The summed E-state index contributed by atoms with van der Waals surface area (Å²) in [6.45, 7) is 2.78. The van der Waals surface area contributed by atoms with E-state index in [-0.39, 0.29) is 5.95 Å². The molecule has 0 saturated carbocycles. The summed E-state index contributed by atoms with van der Waals surface area (Å²) < 4.78 is 0. The molecule has 1 aromatic heterocycles. The van der Waals surface area contributed by atoms with Crippen molar-refractivity contribution in [2.45, 2.75) is 25.8 Å². The highest BCUT2D eigenvalue weighted by Gasteiger charge is 2.05. The molecule has 0 aromatic carbocycles. The van der Waals surface area contributed by atoms with Crippen molar-refractivity contribution in [1.82, 2.24) is 9.97 Å². The largest absolute Gasteiger partial charge is 0.368 e. The van der Waals surface area contributed by atoms with Gasteiger partial charge in [0.1, 0.15) is 5.82 Å². The van der Waals surface area contributed by atoms with Gasteiger partial charge in [-0.15, -0.1) is 0 Å². The lowest BCUT2D eigenvalue weighted by atomic mass is 10.1. The Kier molecular flexibility index (Phi) is 4.12. The maximum atomic E-state index is 5.49. The van der Waals surface area contributed by atoms with Gasteiger partial charge in [0.2, 0.25) is 5.95 Å². The summed E-state index contributed by atoms with van der Waals surface area (Å²) in [5.74, 6) is 1.05. The molecule has 5 N–H and O–H groups in total. The van der Waals surface area contributed by atoms with E-state index in [2.05, 4.69) is 22.2 Å². The average molecular weight is 195 g/mol. The second-order valence-corrected chi connectivity index (χ2v) is 3.13. The molecule has 0 aliphatic rings. The van der Waals surface area contributed by atoms with Crippen LogP contribution in [0.4, 0.5) is 11.8 Å². The van der Waals surface area contributed by atoms with Crippen LogP contribution in [0.25, 0.3) is 0 Å². The molecule has 5 heteroatoms. The van der Waals surface area contributed by atoms with Crippen molar-refractivity contribution >= 4 is 11.8 Å². The zero-order chi connectivity index (χ0) is 10.4. The summed E-state index contributed by atoms with van der Waals surface area (Å²) in [5, 5.41) is 3.26. The van der Waals surface area contributed by atoms with E-state index in [4.69, 9.17) is 11.5 Å². The molecule has 1 heterocycles. The number of nitrogens with two attached hydrogens (primary N) is 2. The van der Waals surface area contributed by atoms with Crippen LogP contribution in [0.2, 0.25) is 0 Å². The van der Waals surface area contributed by atoms with E-state index >= 15 is 0 Å². The predicted molar refractivity (Wildman–Crippen MR) is 57.8 cm³/mol. The van der Waals surface area contributed by atoms with E-state index in [1.54, 1.807) is 12.3 Å². The van der Waals surface area contributed by atoms with E-state index in [1.165, 1.54) is 0 Å². The van der Waals surface area contributed by atoms with Crippen molar-refractivity contribution in [1.29, 1.82) is 0 Å². The molecule has 78 valence electrons. The van der Waals surface area contributed by atoms with Crippen molar-refractivity contribution in [2.75, 3.05) is 17.6 Å². The number of nitrogens with one attached hydrogen (secondary N) is 1. The second-order valence-electron chi connectivity index (χ2n) is 3.13. The Morgan fingerprint density at radius 3 is 2.93 bits per heavy atom. The lowest BCUT2D eigenvalue weighted by molar-refractivity contribution is 0.639. The fourth-order valence-corrected chi connectivity index (χ4v) is 1.24. The third-order valence-electron chi connectivity index (χ3n) is 2.03. The molecule has 1 atom stereocenters. The number of anilines is 2. The van der Waals surface area contributed by atoms with Crippen LogP contribution in [0, 0.1) is 0 Å². The Balaban J connectivity index is 2.57. The molecule has 0 amide bonds. The van der Waals surface area contributed by atoms with Gasteiger partial charge in [0.05, 0.1) is 0 Å². The van der Waals surface area contributed by atoms with Crippen LogP contribution >= 0.6 is 0 Å². The van der Waals surface area contributed by atoms with Gasteiger partial charge < -0.3 is 16.8 Å². The molecule has 0 fully saturated rings. The smallest absolute Gasteiger partial charge is 0.221 e. The first-order chi connectivity index (χ1) is 6.76. The highest BCUT2D eigenvalue weighted by atomic mass is 15.1. The maximum Gasteiger partial charge on any atom is 0.221 e. The van der Waals surface area contributed by atoms with Gasteiger partial charge in [-0.2, -0.15) is 4.98 Å². The Bertz CT molecular complexity index is 276. The normalized spacial score (nSPS) is 12.4. The Morgan fingerprint density at radius 1 is 1.57 bits per heavy atom. The van der Waals surface area contributed by atoms with Crippen LogP contribution in [-0.4, -0.2) is 22.6 Å². The number of nitrogen functional groups attached to an aromatic ring is 1. The van der Waals surface area contributed by atoms with Crippen LogP contribution in [0.15, 0.2) is 12.3 Å². The first kappa shape index (κ1) is 10.7. The van der Waals surface area contributed by atoms with E-state index in [0.29, 0.717) is 12.6 Å². The molecule has 0 radical (unpaired) electrons. The first-order valence-electron chi connectivity index (χ1n) is 4.81. The number of hydrogen-bond donors (Lipinski definition) is 3. The van der Waals surface area contributed by atoms with Gasteiger partial charge in [-0.25, -0.2) is 4.98 Å². The third-order valence-corrected chi connectivity index (χ3v) is 2.03. The summed E-state index contributed by atoms with van der Waals surface area (Å²) in [6.07, 6.45) is 3.58. The topological polar surface area (TPSA) is 89.8 Å². The molecule has 5 nitrogen and oxygen atoms in total. The SMILES string of the molecule is CCC(CCN)Nc1ccnc(N)n1. The van der Waals surface area contributed by atoms with Gasteiger partial charge in [0, 0.05) is 12.2 Å². The molecular weight excluding hydrogens is 178 g/mol. The van der Waals surface area contributed by atoms with Gasteiger partial charge in [0.25, 0.3) is 0 Å². The average Bonchev–Trinajstić information content (AvgIpc) is 2.17. The number of nitrogens with zero attached hydrogens (tertiary/aromatic N) is 2. The standard InChI is InChI=1S/C9H17N5/c1-2-7(3-5-10)13-8-4-6-12-9(11)14-8/h4,6-7H,2-3,5,10H2,1H3,(H3,11,12,13,14). The van der Waals surface area contributed by atoms with E-state index in [1.807, 2.05) is 0 Å². The number of aromatic nitrogens is 2. The lowest BCUT2D eigenvalue weighted by Gasteiger charge is -2.16. The minimum absolute atomic E-state index is 0.289. The fourth-order valence-electron chi connectivity index (χ4n) is 1.24. The van der Waals surface area contributed by atoms with Crippen molar-refractivity contribution in [3.05, 3.63) is 12.3 Å². The molecule has 1 rings (SSSR count). The van der Waals surface area contributed by atoms with Crippen LogP contribution in [0.3, 0.4) is 0 Å². The van der Waals surface area contributed by atoms with Crippen LogP contribution in [-0.2, 0) is 0 Å². The van der Waals surface area contributed by atoms with Crippen molar-refractivity contribution in [3.8, 4) is 0 Å². The van der Waals surface area contributed by atoms with Crippen LogP contribution in [0.1, 0.15) is 19.8 Å². The highest BCUT2D eigenvalue weighted by Crippen LogP contribution is 2.08. The van der Waals surface area contributed by atoms with Crippen molar-refractivity contribution < 1.29 is 0 Å². The van der Waals surface area contributed by atoms with Gasteiger partial charge in [-0.05, 0) is 25.5 Å². The Morgan fingerprint density at radius 2 is 2.36 bits per heavy atom. The van der Waals surface area contributed by atoms with Gasteiger partial charge >= 0.3 is 0 Å². The van der Waals surface area contributed by atoms with Crippen molar-refractivity contribution in [3.63, 3.8) is 0 Å². The number of hydrogen-bond acceptors (Lipinski definition) is 5. The number of rotatable bonds is 5. The van der Waals surface area contributed by atoms with Gasteiger partial charge in [-0.1, -0.05) is 6.92 Å². The molecular formula is C9H17N5. The second kappa shape index (κ2) is 5.39. The summed E-state index contributed by atoms with van der Waals surface area (Å²) >= 11 is 0. The van der Waals surface area contributed by atoms with E-state index in [9.17, 15) is 0 Å². The zero-order valence-electron chi connectivity index (χ0n) is 8.40. The molecule has 0 aliphatic heterocycles. The Labute approximate surface area is 83.9 Å². The molecule has 0 bridgehead atoms. The quantitative estimate of drug-likeness (QED) is 0.640. The molecule has 1 unspecified atom stereocenters. The summed E-state index contributed by atoms with van der Waals surface area (Å²) in [7, 11) is 0. The molecule has 14 heavy (non-hydrogen) atoms. The fraction of sp³-hybridized carbons (Fsp3) is 0.556.